The zero-order valence-corrected chi connectivity index (χ0v) is 31.4. The average molecular weight is 733 g/mol. The first-order valence-electron chi connectivity index (χ1n) is 18.5. The highest BCUT2D eigenvalue weighted by Gasteiger charge is 2.34. The van der Waals surface area contributed by atoms with Crippen molar-refractivity contribution in [3.63, 3.8) is 0 Å². The van der Waals surface area contributed by atoms with E-state index in [1.54, 1.807) is 50.6 Å². The molecule has 276 valence electrons. The average Bonchev–Trinajstić information content (AvgIpc) is 3.51. The molecular formula is C43H48N4O5S. The van der Waals surface area contributed by atoms with Crippen LogP contribution in [0, 0.1) is 11.8 Å². The van der Waals surface area contributed by atoms with E-state index in [9.17, 15) is 13.2 Å². The molecule has 1 aromatic heterocycles. The van der Waals surface area contributed by atoms with Crippen LogP contribution < -0.4 is 19.7 Å². The molecule has 1 unspecified atom stereocenters. The van der Waals surface area contributed by atoms with Crippen molar-refractivity contribution >= 4 is 32.2 Å². The Morgan fingerprint density at radius 3 is 2.17 bits per heavy atom. The maximum Gasteiger partial charge on any atom is 0.208 e. The van der Waals surface area contributed by atoms with E-state index in [0.29, 0.717) is 17.4 Å². The Balaban J connectivity index is 0.000000165. The number of aromatic nitrogens is 1. The van der Waals surface area contributed by atoms with E-state index in [0.717, 1.165) is 86.4 Å². The van der Waals surface area contributed by atoms with Crippen LogP contribution in [0.25, 0.3) is 10.9 Å². The first-order valence-corrected chi connectivity index (χ1v) is 20.0. The van der Waals surface area contributed by atoms with Gasteiger partial charge in [0.15, 0.2) is 17.3 Å². The first-order chi connectivity index (χ1) is 25.8. The number of nitrogens with zero attached hydrogens (tertiary/aromatic N) is 3. The van der Waals surface area contributed by atoms with Crippen LogP contribution in [-0.4, -0.2) is 77.6 Å². The fraction of sp³-hybridized carbons (Fsp3) is 0.349. The molecule has 10 heteroatoms. The second kappa shape index (κ2) is 16.5. The molecule has 1 aliphatic carbocycles. The third-order valence-corrected chi connectivity index (χ3v) is 12.5. The minimum Gasteiger partial charge on any atom is -0.493 e. The van der Waals surface area contributed by atoms with Crippen LogP contribution in [0.4, 0.5) is 5.69 Å². The fourth-order valence-corrected chi connectivity index (χ4v) is 9.14. The molecule has 9 nitrogen and oxygen atoms in total. The zero-order chi connectivity index (χ0) is 36.8. The number of carbonyl (C=O) groups excluding carboxylic acids is 1. The molecule has 2 aliphatic heterocycles. The molecule has 0 bridgehead atoms. The van der Waals surface area contributed by atoms with Gasteiger partial charge in [-0.05, 0) is 92.2 Å². The number of benzene rings is 4. The number of hydrogen-bond acceptors (Lipinski definition) is 9. The Kier molecular flexibility index (Phi) is 11.4. The maximum atomic E-state index is 12.9. The quantitative estimate of drug-likeness (QED) is 0.175. The lowest BCUT2D eigenvalue weighted by atomic mass is 9.85. The molecule has 5 aromatic rings. The van der Waals surface area contributed by atoms with Crippen LogP contribution >= 0.6 is 0 Å². The predicted molar refractivity (Wildman–Crippen MR) is 209 cm³/mol. The summed E-state index contributed by atoms with van der Waals surface area (Å²) in [5, 5.41) is 4.18. The van der Waals surface area contributed by atoms with Gasteiger partial charge in [-0.15, -0.1) is 0 Å². The normalized spacial score (nSPS) is 18.0. The first kappa shape index (κ1) is 36.6. The van der Waals surface area contributed by atoms with Crippen molar-refractivity contribution in [2.45, 2.75) is 42.0 Å². The molecule has 8 rings (SSSR count). The summed E-state index contributed by atoms with van der Waals surface area (Å²) in [6, 6.07) is 30.6. The molecule has 0 radical (unpaired) electrons. The number of para-hydroxylation sites is 1. The van der Waals surface area contributed by atoms with E-state index >= 15 is 0 Å². The Morgan fingerprint density at radius 2 is 1.47 bits per heavy atom. The Bertz CT molecular complexity index is 2130. The van der Waals surface area contributed by atoms with Gasteiger partial charge in [-0.1, -0.05) is 60.7 Å². The number of fused-ring (bicyclic) bond motifs is 2. The minimum absolute atomic E-state index is 0.109. The van der Waals surface area contributed by atoms with Crippen molar-refractivity contribution in [3.05, 3.63) is 120 Å². The van der Waals surface area contributed by atoms with E-state index in [2.05, 4.69) is 50.4 Å². The lowest BCUT2D eigenvalue weighted by molar-refractivity contribution is 0.0895. The van der Waals surface area contributed by atoms with Gasteiger partial charge < -0.3 is 19.7 Å². The van der Waals surface area contributed by atoms with Gasteiger partial charge in [0.2, 0.25) is 9.84 Å². The number of sulfone groups is 1. The number of ether oxygens (including phenoxy) is 2. The third kappa shape index (κ3) is 8.25. The number of pyridine rings is 1. The lowest BCUT2D eigenvalue weighted by Gasteiger charge is -2.32. The molecule has 1 N–H and O–H groups in total. The van der Waals surface area contributed by atoms with Gasteiger partial charge >= 0.3 is 0 Å². The number of rotatable bonds is 9. The highest BCUT2D eigenvalue weighted by molar-refractivity contribution is 7.91. The number of carbonyl (C=O) groups is 1. The van der Waals surface area contributed by atoms with Gasteiger partial charge in [0, 0.05) is 55.8 Å². The van der Waals surface area contributed by atoms with Gasteiger partial charge in [-0.3, -0.25) is 14.7 Å². The van der Waals surface area contributed by atoms with Gasteiger partial charge in [-0.25, -0.2) is 8.42 Å². The van der Waals surface area contributed by atoms with E-state index in [1.807, 2.05) is 30.3 Å². The summed E-state index contributed by atoms with van der Waals surface area (Å²) in [5.41, 5.74) is 5.21. The minimum atomic E-state index is -3.55. The molecule has 0 spiro atoms. The maximum absolute atomic E-state index is 12.9. The number of Topliss-reactive ketones (excluding diaryl/α,β-unsaturated/α-hetero) is 1. The van der Waals surface area contributed by atoms with Crippen LogP contribution in [0.5, 0.6) is 11.5 Å². The highest BCUT2D eigenvalue weighted by Crippen LogP contribution is 2.39. The summed E-state index contributed by atoms with van der Waals surface area (Å²) >= 11 is 0. The third-order valence-electron chi connectivity index (χ3n) is 10.8. The number of methoxy groups -OCH3 is 2. The Labute approximate surface area is 312 Å². The van der Waals surface area contributed by atoms with Crippen molar-refractivity contribution < 1.29 is 22.7 Å². The summed E-state index contributed by atoms with van der Waals surface area (Å²) in [6.07, 6.45) is 5.66. The molecule has 3 heterocycles. The predicted octanol–water partition coefficient (Wildman–Crippen LogP) is 6.84. The van der Waals surface area contributed by atoms with Crippen molar-refractivity contribution in [1.82, 2.24) is 15.2 Å². The van der Waals surface area contributed by atoms with E-state index < -0.39 is 9.84 Å². The second-order valence-electron chi connectivity index (χ2n) is 14.1. The molecule has 0 amide bonds. The lowest BCUT2D eigenvalue weighted by Crippen LogP contribution is -2.43. The summed E-state index contributed by atoms with van der Waals surface area (Å²) in [6.45, 7) is 6.99. The molecular weight excluding hydrogens is 685 g/mol. The molecule has 4 aromatic carbocycles. The van der Waals surface area contributed by atoms with E-state index in [-0.39, 0.29) is 21.5 Å². The topological polar surface area (TPSA) is 101 Å². The standard InChI is InChI=1S/C24H29NO3.C19H19N3O2S/c1-27-22-14-19-13-20(24(26)21(19)15-23(22)28-2)12-17-8-10-25(11-9-17)16-18-6-4-3-5-7-18;23-25(24,16-6-2-1-3-7-16)17-13-15-5-4-8-18(19(15)21-14-17)22-11-9-20-10-12-22/h3-7,14-15,17,20H,8-13,16H2,1-2H3;1-8,13-14,20H,9-12H2. The molecule has 0 saturated carbocycles. The van der Waals surface area contributed by atoms with Crippen molar-refractivity contribution in [3.8, 4) is 11.5 Å². The summed E-state index contributed by atoms with van der Waals surface area (Å²) in [5.74, 6) is 2.38. The fourth-order valence-electron chi connectivity index (χ4n) is 7.88. The monoisotopic (exact) mass is 732 g/mol. The number of piperazine rings is 1. The van der Waals surface area contributed by atoms with Crippen LogP contribution in [0.3, 0.4) is 0 Å². The second-order valence-corrected chi connectivity index (χ2v) is 16.1. The van der Waals surface area contributed by atoms with Gasteiger partial charge in [-0.2, -0.15) is 0 Å². The number of anilines is 1. The smallest absolute Gasteiger partial charge is 0.208 e. The number of nitrogens with one attached hydrogen (secondary N) is 1. The van der Waals surface area contributed by atoms with Crippen molar-refractivity contribution in [2.24, 2.45) is 11.8 Å². The van der Waals surface area contributed by atoms with Crippen molar-refractivity contribution in [2.75, 3.05) is 58.4 Å². The van der Waals surface area contributed by atoms with Gasteiger partial charge in [0.25, 0.3) is 0 Å². The van der Waals surface area contributed by atoms with Crippen molar-refractivity contribution in [1.29, 1.82) is 0 Å². The molecule has 3 aliphatic rings. The summed E-state index contributed by atoms with van der Waals surface area (Å²) < 4.78 is 36.4. The Morgan fingerprint density at radius 1 is 0.792 bits per heavy atom. The largest absolute Gasteiger partial charge is 0.493 e. The van der Waals surface area contributed by atoms with Crippen LogP contribution in [0.15, 0.2) is 113 Å². The molecule has 2 fully saturated rings. The summed E-state index contributed by atoms with van der Waals surface area (Å²) in [7, 11) is -0.298. The van der Waals surface area contributed by atoms with Gasteiger partial charge in [0.05, 0.1) is 35.2 Å². The number of hydrogen-bond donors (Lipinski definition) is 1. The van der Waals surface area contributed by atoms with E-state index in [1.165, 1.54) is 24.6 Å². The molecule has 1 atom stereocenters. The van der Waals surface area contributed by atoms with E-state index in [4.69, 9.17) is 9.47 Å². The molecule has 2 saturated heterocycles. The van der Waals surface area contributed by atoms with Crippen LogP contribution in [0.1, 0.15) is 40.7 Å². The van der Waals surface area contributed by atoms with Crippen LogP contribution in [-0.2, 0) is 22.8 Å². The Hall–Kier alpha value is -4.77. The number of ketones is 1. The SMILES string of the molecule is COc1cc2c(cc1OC)C(=O)C(CC1CCN(Cc3ccccc3)CC1)C2.O=S(=O)(c1ccccc1)c1cnc2c(N3CCNCC3)cccc2c1. The number of piperidine rings is 1. The van der Waals surface area contributed by atoms with Gasteiger partial charge in [0.1, 0.15) is 0 Å². The summed E-state index contributed by atoms with van der Waals surface area (Å²) in [4.78, 5) is 22.8. The highest BCUT2D eigenvalue weighted by atomic mass is 32.2. The number of likely N-dealkylation sites (tertiary alicyclic amines) is 1. The van der Waals surface area contributed by atoms with Crippen LogP contribution in [0.2, 0.25) is 0 Å². The zero-order valence-electron chi connectivity index (χ0n) is 30.5. The molecule has 53 heavy (non-hydrogen) atoms.